The van der Waals surface area contributed by atoms with E-state index in [0.717, 1.165) is 6.08 Å². The maximum absolute atomic E-state index is 11.8. The number of carbonyl (C=O) groups excluding carboxylic acids is 2. The molecule has 0 rings (SSSR count). The molecule has 0 saturated carbocycles. The van der Waals surface area contributed by atoms with Crippen LogP contribution in [0.4, 0.5) is 0 Å². The lowest BCUT2D eigenvalue weighted by Gasteiger charge is -2.24. The van der Waals surface area contributed by atoms with E-state index in [1.54, 1.807) is 13.8 Å². The second-order valence-electron chi connectivity index (χ2n) is 4.24. The van der Waals surface area contributed by atoms with Gasteiger partial charge >= 0.3 is 5.97 Å². The summed E-state index contributed by atoms with van der Waals surface area (Å²) in [6.45, 7) is 7.21. The van der Waals surface area contributed by atoms with Gasteiger partial charge in [0.25, 0.3) is 0 Å². The van der Waals surface area contributed by atoms with Crippen LogP contribution < -0.4 is 10.6 Å². The van der Waals surface area contributed by atoms with Gasteiger partial charge in [0.2, 0.25) is 11.8 Å². The Morgan fingerprint density at radius 2 is 1.83 bits per heavy atom. The average Bonchev–Trinajstić information content (AvgIpc) is 2.32. The zero-order chi connectivity index (χ0) is 14.2. The summed E-state index contributed by atoms with van der Waals surface area (Å²) in [5, 5.41) is 13.9. The molecule has 0 aromatic rings. The van der Waals surface area contributed by atoms with Crippen LogP contribution in [-0.2, 0) is 14.4 Å². The molecule has 0 aliphatic carbocycles. The van der Waals surface area contributed by atoms with Crippen LogP contribution in [-0.4, -0.2) is 36.0 Å². The number of rotatable bonds is 8. The SMILES string of the molecule is C=CC(=O)NCCNC(=O)C(C)(CC)CC(=O)O. The molecule has 0 heterocycles. The lowest BCUT2D eigenvalue weighted by molar-refractivity contribution is -0.145. The summed E-state index contributed by atoms with van der Waals surface area (Å²) >= 11 is 0. The van der Waals surface area contributed by atoms with Crippen molar-refractivity contribution in [2.45, 2.75) is 26.7 Å². The van der Waals surface area contributed by atoms with Crippen molar-refractivity contribution >= 4 is 17.8 Å². The Labute approximate surface area is 106 Å². The van der Waals surface area contributed by atoms with Gasteiger partial charge in [0.05, 0.1) is 11.8 Å². The number of hydrogen-bond donors (Lipinski definition) is 3. The van der Waals surface area contributed by atoms with Crippen molar-refractivity contribution in [3.63, 3.8) is 0 Å². The third kappa shape index (κ3) is 5.47. The first-order valence-corrected chi connectivity index (χ1v) is 5.76. The molecule has 1 atom stereocenters. The van der Waals surface area contributed by atoms with Gasteiger partial charge in [-0.3, -0.25) is 14.4 Å². The highest BCUT2D eigenvalue weighted by Crippen LogP contribution is 2.25. The first kappa shape index (κ1) is 16.1. The Balaban J connectivity index is 4.16. The molecule has 0 bridgehead atoms. The van der Waals surface area contributed by atoms with E-state index >= 15 is 0 Å². The summed E-state index contributed by atoms with van der Waals surface area (Å²) in [4.78, 5) is 33.4. The molecule has 0 radical (unpaired) electrons. The number of nitrogens with one attached hydrogen (secondary N) is 2. The Morgan fingerprint density at radius 3 is 2.28 bits per heavy atom. The summed E-state index contributed by atoms with van der Waals surface area (Å²) in [6, 6.07) is 0. The fourth-order valence-electron chi connectivity index (χ4n) is 1.35. The highest BCUT2D eigenvalue weighted by molar-refractivity contribution is 5.87. The number of carbonyl (C=O) groups is 3. The highest BCUT2D eigenvalue weighted by atomic mass is 16.4. The van der Waals surface area contributed by atoms with Crippen LogP contribution in [0.15, 0.2) is 12.7 Å². The van der Waals surface area contributed by atoms with E-state index in [4.69, 9.17) is 5.11 Å². The molecule has 102 valence electrons. The van der Waals surface area contributed by atoms with Crippen LogP contribution in [0.5, 0.6) is 0 Å². The quantitative estimate of drug-likeness (QED) is 0.430. The van der Waals surface area contributed by atoms with E-state index in [-0.39, 0.29) is 31.3 Å². The van der Waals surface area contributed by atoms with Crippen LogP contribution in [0.25, 0.3) is 0 Å². The molecule has 18 heavy (non-hydrogen) atoms. The van der Waals surface area contributed by atoms with Gasteiger partial charge in [0.15, 0.2) is 0 Å². The predicted molar refractivity (Wildman–Crippen MR) is 66.9 cm³/mol. The standard InChI is InChI=1S/C12H20N2O4/c1-4-9(15)13-6-7-14-11(18)12(3,5-2)8-10(16)17/h4H,1,5-8H2,2-3H3,(H,13,15)(H,14,18)(H,16,17). The van der Waals surface area contributed by atoms with Crippen molar-refractivity contribution in [2.75, 3.05) is 13.1 Å². The fraction of sp³-hybridized carbons (Fsp3) is 0.583. The molecule has 3 N–H and O–H groups in total. The summed E-state index contributed by atoms with van der Waals surface area (Å²) < 4.78 is 0. The van der Waals surface area contributed by atoms with Gasteiger partial charge in [-0.05, 0) is 12.5 Å². The van der Waals surface area contributed by atoms with Gasteiger partial charge < -0.3 is 15.7 Å². The van der Waals surface area contributed by atoms with Gasteiger partial charge in [-0.25, -0.2) is 0 Å². The molecule has 0 aliphatic rings. The molecule has 2 amide bonds. The molecule has 0 aromatic heterocycles. The number of carboxylic acid groups (broad SMARTS) is 1. The minimum Gasteiger partial charge on any atom is -0.481 e. The first-order chi connectivity index (χ1) is 8.35. The predicted octanol–water partition coefficient (Wildman–Crippen LogP) is 0.296. The van der Waals surface area contributed by atoms with Crippen molar-refractivity contribution < 1.29 is 19.5 Å². The van der Waals surface area contributed by atoms with Crippen LogP contribution in [0.3, 0.4) is 0 Å². The smallest absolute Gasteiger partial charge is 0.304 e. The zero-order valence-electron chi connectivity index (χ0n) is 10.8. The second kappa shape index (κ2) is 7.47. The van der Waals surface area contributed by atoms with E-state index in [9.17, 15) is 14.4 Å². The largest absolute Gasteiger partial charge is 0.481 e. The second-order valence-corrected chi connectivity index (χ2v) is 4.24. The maximum Gasteiger partial charge on any atom is 0.304 e. The molecule has 0 fully saturated rings. The highest BCUT2D eigenvalue weighted by Gasteiger charge is 2.33. The molecule has 6 nitrogen and oxygen atoms in total. The minimum absolute atomic E-state index is 0.214. The Bertz CT molecular complexity index is 341. The minimum atomic E-state index is -1.01. The van der Waals surface area contributed by atoms with E-state index in [0.29, 0.717) is 6.42 Å². The third-order valence-electron chi connectivity index (χ3n) is 2.77. The Morgan fingerprint density at radius 1 is 1.28 bits per heavy atom. The Hall–Kier alpha value is -1.85. The van der Waals surface area contributed by atoms with Crippen molar-refractivity contribution in [1.82, 2.24) is 10.6 Å². The van der Waals surface area contributed by atoms with Crippen molar-refractivity contribution in [1.29, 1.82) is 0 Å². The van der Waals surface area contributed by atoms with Gasteiger partial charge in [-0.1, -0.05) is 20.4 Å². The molecule has 0 aromatic carbocycles. The number of hydrogen-bond acceptors (Lipinski definition) is 3. The molecule has 0 aliphatic heterocycles. The van der Waals surface area contributed by atoms with Crippen LogP contribution >= 0.6 is 0 Å². The van der Waals surface area contributed by atoms with Gasteiger partial charge in [0.1, 0.15) is 0 Å². The van der Waals surface area contributed by atoms with E-state index in [1.807, 2.05) is 0 Å². The van der Waals surface area contributed by atoms with Crippen LogP contribution in [0.1, 0.15) is 26.7 Å². The number of carboxylic acids is 1. The first-order valence-electron chi connectivity index (χ1n) is 5.76. The Kier molecular flexibility index (Phi) is 6.70. The average molecular weight is 256 g/mol. The van der Waals surface area contributed by atoms with Crippen molar-refractivity contribution in [2.24, 2.45) is 5.41 Å². The molecule has 0 saturated heterocycles. The zero-order valence-corrected chi connectivity index (χ0v) is 10.8. The summed E-state index contributed by atoms with van der Waals surface area (Å²) in [5.74, 6) is -1.64. The van der Waals surface area contributed by atoms with E-state index in [2.05, 4.69) is 17.2 Å². The van der Waals surface area contributed by atoms with Crippen molar-refractivity contribution in [3.05, 3.63) is 12.7 Å². The monoisotopic (exact) mass is 256 g/mol. The van der Waals surface area contributed by atoms with Crippen molar-refractivity contribution in [3.8, 4) is 0 Å². The summed E-state index contributed by atoms with van der Waals surface area (Å²) in [6.07, 6.45) is 1.36. The van der Waals surface area contributed by atoms with Crippen LogP contribution in [0.2, 0.25) is 0 Å². The van der Waals surface area contributed by atoms with E-state index in [1.165, 1.54) is 0 Å². The fourth-order valence-corrected chi connectivity index (χ4v) is 1.35. The lowest BCUT2D eigenvalue weighted by atomic mass is 9.83. The molecular weight excluding hydrogens is 236 g/mol. The van der Waals surface area contributed by atoms with Gasteiger partial charge in [-0.15, -0.1) is 0 Å². The molecule has 1 unspecified atom stereocenters. The maximum atomic E-state index is 11.8. The topological polar surface area (TPSA) is 95.5 Å². The van der Waals surface area contributed by atoms with E-state index < -0.39 is 11.4 Å². The molecule has 0 spiro atoms. The summed E-state index contributed by atoms with van der Waals surface area (Å²) in [7, 11) is 0. The normalized spacial score (nSPS) is 13.2. The van der Waals surface area contributed by atoms with Gasteiger partial charge in [0, 0.05) is 13.1 Å². The third-order valence-corrected chi connectivity index (χ3v) is 2.77. The van der Waals surface area contributed by atoms with Gasteiger partial charge in [-0.2, -0.15) is 0 Å². The molecular formula is C12H20N2O4. The number of aliphatic carboxylic acids is 1. The van der Waals surface area contributed by atoms with Crippen LogP contribution in [0, 0.1) is 5.41 Å². The number of amides is 2. The summed E-state index contributed by atoms with van der Waals surface area (Å²) in [5.41, 5.74) is -0.922. The molecule has 6 heteroatoms. The lowest BCUT2D eigenvalue weighted by Crippen LogP contribution is -2.43.